The topological polar surface area (TPSA) is 30.0 Å². The van der Waals surface area contributed by atoms with Crippen molar-refractivity contribution in [2.24, 2.45) is 0 Å². The van der Waals surface area contributed by atoms with Crippen LogP contribution in [0.4, 0.5) is 4.39 Å². The normalized spacial score (nSPS) is 10.7. The van der Waals surface area contributed by atoms with Crippen molar-refractivity contribution in [2.45, 2.75) is 6.42 Å². The Morgan fingerprint density at radius 1 is 1.00 bits per heavy atom. The minimum Gasteiger partial charge on any atom is -0.294 e. The fourth-order valence-electron chi connectivity index (χ4n) is 2.26. The van der Waals surface area contributed by atoms with Crippen LogP contribution in [0, 0.1) is 5.82 Å². The Bertz CT molecular complexity index is 777. The molecule has 2 nitrogen and oxygen atoms in total. The number of carbonyl (C=O) groups excluding carboxylic acids is 1. The quantitative estimate of drug-likeness (QED) is 0.674. The number of hydrogen-bond acceptors (Lipinski definition) is 2. The second-order valence-electron chi connectivity index (χ2n) is 4.57. The van der Waals surface area contributed by atoms with E-state index in [0.29, 0.717) is 11.1 Å². The molecule has 3 heteroatoms. The highest BCUT2D eigenvalue weighted by molar-refractivity contribution is 6.08. The average molecular weight is 265 g/mol. The maximum atomic E-state index is 13.6. The van der Waals surface area contributed by atoms with Gasteiger partial charge in [0.25, 0.3) is 0 Å². The minimum atomic E-state index is -0.348. The fraction of sp³-hybridized carbons (Fsp3) is 0.0588. The zero-order chi connectivity index (χ0) is 13.9. The highest BCUT2D eigenvalue weighted by Crippen LogP contribution is 2.19. The van der Waals surface area contributed by atoms with Crippen LogP contribution >= 0.6 is 0 Å². The largest absolute Gasteiger partial charge is 0.294 e. The van der Waals surface area contributed by atoms with Gasteiger partial charge in [-0.25, -0.2) is 4.39 Å². The summed E-state index contributed by atoms with van der Waals surface area (Å²) in [6, 6.07) is 15.4. The number of halogens is 1. The minimum absolute atomic E-state index is 0.0562. The number of rotatable bonds is 3. The van der Waals surface area contributed by atoms with Crippen LogP contribution in [-0.2, 0) is 6.42 Å². The Hall–Kier alpha value is -2.55. The molecule has 3 aromatic rings. The summed E-state index contributed by atoms with van der Waals surface area (Å²) in [6.07, 6.45) is 1.74. The third-order valence-electron chi connectivity index (χ3n) is 3.25. The first-order chi connectivity index (χ1) is 9.75. The first-order valence-electron chi connectivity index (χ1n) is 6.36. The molecule has 98 valence electrons. The number of pyridine rings is 1. The Morgan fingerprint density at radius 2 is 1.85 bits per heavy atom. The van der Waals surface area contributed by atoms with Gasteiger partial charge in [-0.3, -0.25) is 9.78 Å². The van der Waals surface area contributed by atoms with Crippen molar-refractivity contribution < 1.29 is 9.18 Å². The fourth-order valence-corrected chi connectivity index (χ4v) is 2.26. The molecule has 0 spiro atoms. The summed E-state index contributed by atoms with van der Waals surface area (Å²) in [5.74, 6) is -0.451. The molecule has 20 heavy (non-hydrogen) atoms. The summed E-state index contributed by atoms with van der Waals surface area (Å²) in [7, 11) is 0. The van der Waals surface area contributed by atoms with Crippen LogP contribution in [0.15, 0.2) is 60.8 Å². The average Bonchev–Trinajstić information content (AvgIpc) is 2.49. The van der Waals surface area contributed by atoms with E-state index in [2.05, 4.69) is 4.98 Å². The summed E-state index contributed by atoms with van der Waals surface area (Å²) in [5, 5.41) is 0.802. The zero-order valence-electron chi connectivity index (χ0n) is 10.7. The van der Waals surface area contributed by atoms with Gasteiger partial charge in [0, 0.05) is 23.6 Å². The summed E-state index contributed by atoms with van der Waals surface area (Å²) < 4.78 is 13.6. The van der Waals surface area contributed by atoms with E-state index in [4.69, 9.17) is 0 Å². The highest BCUT2D eigenvalue weighted by atomic mass is 19.1. The molecule has 2 aromatic carbocycles. The molecule has 3 rings (SSSR count). The summed E-state index contributed by atoms with van der Waals surface area (Å²) >= 11 is 0. The molecule has 0 aliphatic heterocycles. The van der Waals surface area contributed by atoms with Crippen LogP contribution in [-0.4, -0.2) is 10.8 Å². The molecular weight excluding hydrogens is 253 g/mol. The van der Waals surface area contributed by atoms with Crippen molar-refractivity contribution in [2.75, 3.05) is 0 Å². The lowest BCUT2D eigenvalue weighted by atomic mass is 9.99. The third kappa shape index (κ3) is 2.30. The molecule has 1 aromatic heterocycles. The lowest BCUT2D eigenvalue weighted by Crippen LogP contribution is -2.06. The molecule has 0 radical (unpaired) electrons. The van der Waals surface area contributed by atoms with E-state index < -0.39 is 0 Å². The lowest BCUT2D eigenvalue weighted by molar-refractivity contribution is 0.0993. The van der Waals surface area contributed by atoms with Gasteiger partial charge < -0.3 is 0 Å². The molecular formula is C17H12FNO. The van der Waals surface area contributed by atoms with Crippen LogP contribution in [0.2, 0.25) is 0 Å². The summed E-state index contributed by atoms with van der Waals surface area (Å²) in [4.78, 5) is 16.6. The number of carbonyl (C=O) groups is 1. The smallest absolute Gasteiger partial charge is 0.168 e. The molecule has 0 saturated heterocycles. The molecule has 0 amide bonds. The number of benzene rings is 2. The number of hydrogen-bond donors (Lipinski definition) is 0. The summed E-state index contributed by atoms with van der Waals surface area (Å²) in [6.45, 7) is 0. The Labute approximate surface area is 115 Å². The van der Waals surface area contributed by atoms with E-state index in [9.17, 15) is 9.18 Å². The second-order valence-corrected chi connectivity index (χ2v) is 4.57. The van der Waals surface area contributed by atoms with Crippen LogP contribution in [0.3, 0.4) is 0 Å². The van der Waals surface area contributed by atoms with Gasteiger partial charge in [-0.05, 0) is 23.8 Å². The lowest BCUT2D eigenvalue weighted by Gasteiger charge is -2.06. The van der Waals surface area contributed by atoms with Crippen molar-refractivity contribution >= 4 is 16.7 Å². The molecule has 0 unspecified atom stereocenters. The van der Waals surface area contributed by atoms with Gasteiger partial charge in [0.1, 0.15) is 5.82 Å². The molecule has 0 saturated carbocycles. The van der Waals surface area contributed by atoms with Gasteiger partial charge in [0.15, 0.2) is 5.78 Å². The number of nitrogens with zero attached hydrogens (tertiary/aromatic N) is 1. The molecule has 0 aliphatic rings. The Morgan fingerprint density at radius 3 is 2.70 bits per heavy atom. The van der Waals surface area contributed by atoms with Gasteiger partial charge in [-0.2, -0.15) is 0 Å². The zero-order valence-corrected chi connectivity index (χ0v) is 10.7. The second kappa shape index (κ2) is 5.21. The predicted octanol–water partition coefficient (Wildman–Crippen LogP) is 3.80. The van der Waals surface area contributed by atoms with E-state index in [1.54, 1.807) is 42.6 Å². The monoisotopic (exact) mass is 265 g/mol. The number of Topliss-reactive ketones (excluding diaryl/α,β-unsaturated/α-hetero) is 1. The number of aromatic nitrogens is 1. The van der Waals surface area contributed by atoms with Crippen LogP contribution in [0.25, 0.3) is 10.9 Å². The van der Waals surface area contributed by atoms with E-state index in [-0.39, 0.29) is 18.0 Å². The molecule has 1 heterocycles. The van der Waals surface area contributed by atoms with Crippen molar-refractivity contribution in [3.8, 4) is 0 Å². The van der Waals surface area contributed by atoms with Crippen molar-refractivity contribution in [3.05, 3.63) is 77.7 Å². The van der Waals surface area contributed by atoms with Crippen molar-refractivity contribution in [1.29, 1.82) is 0 Å². The summed E-state index contributed by atoms with van der Waals surface area (Å²) in [5.41, 5.74) is 1.77. The van der Waals surface area contributed by atoms with Crippen LogP contribution in [0.1, 0.15) is 15.9 Å². The molecule has 0 aliphatic carbocycles. The molecule has 0 bridgehead atoms. The first-order valence-corrected chi connectivity index (χ1v) is 6.36. The Kier molecular flexibility index (Phi) is 3.25. The highest BCUT2D eigenvalue weighted by Gasteiger charge is 2.12. The maximum Gasteiger partial charge on any atom is 0.168 e. The molecule has 0 atom stereocenters. The Balaban J connectivity index is 1.99. The van der Waals surface area contributed by atoms with Crippen molar-refractivity contribution in [1.82, 2.24) is 4.98 Å². The van der Waals surface area contributed by atoms with Gasteiger partial charge in [-0.1, -0.05) is 36.4 Å². The number of ketones is 1. The van der Waals surface area contributed by atoms with E-state index in [1.165, 1.54) is 6.07 Å². The SMILES string of the molecule is O=C(Cc1ccccc1F)c1cccc2ncccc12. The predicted molar refractivity (Wildman–Crippen MR) is 76.2 cm³/mol. The van der Waals surface area contributed by atoms with Gasteiger partial charge in [0.2, 0.25) is 0 Å². The van der Waals surface area contributed by atoms with E-state index in [1.807, 2.05) is 12.1 Å². The first kappa shape index (κ1) is 12.5. The van der Waals surface area contributed by atoms with E-state index in [0.717, 1.165) is 10.9 Å². The van der Waals surface area contributed by atoms with Crippen molar-refractivity contribution in [3.63, 3.8) is 0 Å². The molecule has 0 fully saturated rings. The van der Waals surface area contributed by atoms with Crippen LogP contribution < -0.4 is 0 Å². The van der Waals surface area contributed by atoms with Gasteiger partial charge in [-0.15, -0.1) is 0 Å². The maximum absolute atomic E-state index is 13.6. The van der Waals surface area contributed by atoms with Crippen LogP contribution in [0.5, 0.6) is 0 Å². The van der Waals surface area contributed by atoms with E-state index >= 15 is 0 Å². The third-order valence-corrected chi connectivity index (χ3v) is 3.25. The standard InChI is InChI=1S/C17H12FNO/c18-15-8-2-1-5-12(15)11-17(20)14-6-3-9-16-13(14)7-4-10-19-16/h1-10H,11H2. The molecule has 0 N–H and O–H groups in total. The van der Waals surface area contributed by atoms with Gasteiger partial charge in [0.05, 0.1) is 5.52 Å². The number of fused-ring (bicyclic) bond motifs is 1. The van der Waals surface area contributed by atoms with Gasteiger partial charge >= 0.3 is 0 Å².